The lowest BCUT2D eigenvalue weighted by atomic mass is 10.1. The molecule has 0 aromatic carbocycles. The molecule has 2 atom stereocenters. The van der Waals surface area contributed by atoms with Gasteiger partial charge in [0, 0.05) is 24.3 Å². The van der Waals surface area contributed by atoms with Gasteiger partial charge in [-0.2, -0.15) is 4.98 Å². The van der Waals surface area contributed by atoms with Crippen LogP contribution >= 0.6 is 0 Å². The summed E-state index contributed by atoms with van der Waals surface area (Å²) in [5.74, 6) is -0.345. The maximum absolute atomic E-state index is 12.9. The van der Waals surface area contributed by atoms with Crippen molar-refractivity contribution in [2.24, 2.45) is 11.7 Å². The highest BCUT2D eigenvalue weighted by Gasteiger charge is 2.39. The Balaban J connectivity index is 2.27. The van der Waals surface area contributed by atoms with E-state index in [1.54, 1.807) is 6.07 Å². The van der Waals surface area contributed by atoms with Crippen LogP contribution in [-0.4, -0.2) is 51.4 Å². The fraction of sp³-hybridized carbons (Fsp3) is 0.647. The highest BCUT2D eigenvalue weighted by molar-refractivity contribution is 5.96. The summed E-state index contributed by atoms with van der Waals surface area (Å²) in [5, 5.41) is 2.81. The summed E-state index contributed by atoms with van der Waals surface area (Å²) in [4.78, 5) is 44.9. The molecule has 0 saturated carbocycles. The zero-order chi connectivity index (χ0) is 18.7. The number of H-pyrrole nitrogens is 1. The van der Waals surface area contributed by atoms with Crippen LogP contribution in [0.4, 0.5) is 0 Å². The zero-order valence-electron chi connectivity index (χ0n) is 15.2. The van der Waals surface area contributed by atoms with Crippen LogP contribution in [0.5, 0.6) is 0 Å². The van der Waals surface area contributed by atoms with Crippen molar-refractivity contribution in [1.29, 1.82) is 0 Å². The van der Waals surface area contributed by atoms with E-state index in [9.17, 15) is 14.4 Å². The molecule has 1 aromatic rings. The Morgan fingerprint density at radius 1 is 1.40 bits per heavy atom. The zero-order valence-corrected chi connectivity index (χ0v) is 15.2. The molecule has 138 valence electrons. The molecule has 0 radical (unpaired) electrons. The molecule has 4 N–H and O–H groups in total. The summed E-state index contributed by atoms with van der Waals surface area (Å²) >= 11 is 0. The van der Waals surface area contributed by atoms with Crippen molar-refractivity contribution >= 4 is 11.8 Å². The topological polar surface area (TPSA) is 121 Å². The molecule has 8 nitrogen and oxygen atoms in total. The number of carbonyl (C=O) groups is 2. The van der Waals surface area contributed by atoms with E-state index in [0.29, 0.717) is 24.5 Å². The standard InChI is InChI=1S/C17H27N5O3/c1-9(2)5-12-7-13(21-17(25)20-12)16(24)22-8-11(18)6-14(22)15(23)19-10(3)4/h7,9-11,14H,5-6,8,18H2,1-4H3,(H,19,23)(H,20,21,25)/t11-,14-/m0/s1. The summed E-state index contributed by atoms with van der Waals surface area (Å²) < 4.78 is 0. The fourth-order valence-electron chi connectivity index (χ4n) is 3.04. The molecular weight excluding hydrogens is 322 g/mol. The third-order valence-corrected chi connectivity index (χ3v) is 3.98. The molecule has 2 heterocycles. The first kappa shape index (κ1) is 19.1. The lowest BCUT2D eigenvalue weighted by molar-refractivity contribution is -0.125. The van der Waals surface area contributed by atoms with Gasteiger partial charge in [0.2, 0.25) is 5.91 Å². The molecule has 1 aliphatic rings. The minimum Gasteiger partial charge on any atom is -0.352 e. The molecule has 2 amide bonds. The molecule has 1 saturated heterocycles. The van der Waals surface area contributed by atoms with E-state index in [2.05, 4.69) is 15.3 Å². The van der Waals surface area contributed by atoms with Gasteiger partial charge < -0.3 is 20.9 Å². The van der Waals surface area contributed by atoms with Gasteiger partial charge in [-0.05, 0) is 38.7 Å². The average Bonchev–Trinajstić information content (AvgIpc) is 2.86. The number of nitrogens with one attached hydrogen (secondary N) is 2. The first-order valence-electron chi connectivity index (χ1n) is 8.64. The van der Waals surface area contributed by atoms with E-state index in [4.69, 9.17) is 5.73 Å². The van der Waals surface area contributed by atoms with E-state index in [0.717, 1.165) is 0 Å². The van der Waals surface area contributed by atoms with Crippen LogP contribution in [0.15, 0.2) is 10.9 Å². The molecule has 1 aliphatic heterocycles. The van der Waals surface area contributed by atoms with Gasteiger partial charge in [0.15, 0.2) is 0 Å². The normalized spacial score (nSPS) is 20.4. The van der Waals surface area contributed by atoms with Crippen molar-refractivity contribution in [3.05, 3.63) is 27.9 Å². The first-order valence-corrected chi connectivity index (χ1v) is 8.64. The minimum atomic E-state index is -0.639. The molecule has 0 spiro atoms. The van der Waals surface area contributed by atoms with Crippen molar-refractivity contribution < 1.29 is 9.59 Å². The van der Waals surface area contributed by atoms with Gasteiger partial charge in [0.05, 0.1) is 0 Å². The largest absolute Gasteiger partial charge is 0.352 e. The number of rotatable bonds is 5. The van der Waals surface area contributed by atoms with Gasteiger partial charge in [-0.25, -0.2) is 4.79 Å². The Morgan fingerprint density at radius 3 is 2.68 bits per heavy atom. The third-order valence-electron chi connectivity index (χ3n) is 3.98. The molecule has 1 aromatic heterocycles. The van der Waals surface area contributed by atoms with Crippen LogP contribution in [-0.2, 0) is 11.2 Å². The Morgan fingerprint density at radius 2 is 2.08 bits per heavy atom. The molecular formula is C17H27N5O3. The Bertz CT molecular complexity index is 698. The maximum Gasteiger partial charge on any atom is 0.345 e. The molecule has 0 aliphatic carbocycles. The molecule has 25 heavy (non-hydrogen) atoms. The molecule has 8 heteroatoms. The number of nitrogens with zero attached hydrogens (tertiary/aromatic N) is 2. The van der Waals surface area contributed by atoms with Crippen molar-refractivity contribution in [3.8, 4) is 0 Å². The molecule has 0 unspecified atom stereocenters. The minimum absolute atomic E-state index is 0.0309. The average molecular weight is 349 g/mol. The summed E-state index contributed by atoms with van der Waals surface area (Å²) in [6, 6.07) is 0.644. The molecule has 2 rings (SSSR count). The highest BCUT2D eigenvalue weighted by atomic mass is 16.2. The predicted octanol–water partition coefficient (Wildman–Crippen LogP) is 0.0348. The van der Waals surface area contributed by atoms with E-state index in [1.165, 1.54) is 4.90 Å². The SMILES string of the molecule is CC(C)Cc1cc(C(=O)N2C[C@@H](N)C[C@H]2C(=O)NC(C)C)nc(=O)[nH]1. The summed E-state index contributed by atoms with van der Waals surface area (Å²) in [6.45, 7) is 8.02. The third kappa shape index (κ3) is 4.88. The van der Waals surface area contributed by atoms with Gasteiger partial charge >= 0.3 is 5.69 Å². The first-order chi connectivity index (χ1) is 11.7. The quantitative estimate of drug-likeness (QED) is 0.693. The number of nitrogens with two attached hydrogens (primary N) is 1. The number of aromatic nitrogens is 2. The van der Waals surface area contributed by atoms with Crippen LogP contribution in [0.25, 0.3) is 0 Å². The van der Waals surface area contributed by atoms with Crippen LogP contribution in [0.1, 0.15) is 50.3 Å². The van der Waals surface area contributed by atoms with Crippen LogP contribution in [0, 0.1) is 5.92 Å². The van der Waals surface area contributed by atoms with E-state index in [1.807, 2.05) is 27.7 Å². The second-order valence-corrected chi connectivity index (χ2v) is 7.33. The number of aromatic amines is 1. The van der Waals surface area contributed by atoms with Crippen molar-refractivity contribution in [2.45, 2.75) is 58.7 Å². The van der Waals surface area contributed by atoms with Gasteiger partial charge in [-0.1, -0.05) is 13.8 Å². The lowest BCUT2D eigenvalue weighted by Gasteiger charge is -2.24. The number of hydrogen-bond acceptors (Lipinski definition) is 5. The predicted molar refractivity (Wildman–Crippen MR) is 94.1 cm³/mol. The second kappa shape index (κ2) is 7.77. The number of hydrogen-bond donors (Lipinski definition) is 3. The van der Waals surface area contributed by atoms with Crippen LogP contribution in [0.2, 0.25) is 0 Å². The monoisotopic (exact) mass is 349 g/mol. The number of carbonyl (C=O) groups excluding carboxylic acids is 2. The van der Waals surface area contributed by atoms with E-state index >= 15 is 0 Å². The summed E-state index contributed by atoms with van der Waals surface area (Å²) in [5.41, 5.74) is 6.11. The van der Waals surface area contributed by atoms with Gasteiger partial charge in [-0.15, -0.1) is 0 Å². The molecule has 1 fully saturated rings. The lowest BCUT2D eigenvalue weighted by Crippen LogP contribution is -2.48. The maximum atomic E-state index is 12.9. The van der Waals surface area contributed by atoms with Crippen molar-refractivity contribution in [1.82, 2.24) is 20.2 Å². The highest BCUT2D eigenvalue weighted by Crippen LogP contribution is 2.19. The number of likely N-dealkylation sites (tertiary alicyclic amines) is 1. The second-order valence-electron chi connectivity index (χ2n) is 7.33. The van der Waals surface area contributed by atoms with E-state index < -0.39 is 17.6 Å². The smallest absolute Gasteiger partial charge is 0.345 e. The Kier molecular flexibility index (Phi) is 5.94. The summed E-state index contributed by atoms with van der Waals surface area (Å²) in [6.07, 6.45) is 1.03. The number of amides is 2. The Labute approximate surface area is 147 Å². The molecule has 0 bridgehead atoms. The van der Waals surface area contributed by atoms with E-state index in [-0.39, 0.29) is 30.2 Å². The van der Waals surface area contributed by atoms with Crippen molar-refractivity contribution in [3.63, 3.8) is 0 Å². The Hall–Kier alpha value is -2.22. The van der Waals surface area contributed by atoms with Crippen LogP contribution < -0.4 is 16.7 Å². The summed E-state index contributed by atoms with van der Waals surface area (Å²) in [7, 11) is 0. The van der Waals surface area contributed by atoms with Crippen molar-refractivity contribution in [2.75, 3.05) is 6.54 Å². The van der Waals surface area contributed by atoms with Crippen LogP contribution in [0.3, 0.4) is 0 Å². The van der Waals surface area contributed by atoms with Gasteiger partial charge in [0.25, 0.3) is 5.91 Å². The van der Waals surface area contributed by atoms with Gasteiger partial charge in [0.1, 0.15) is 11.7 Å². The fourth-order valence-corrected chi connectivity index (χ4v) is 3.04. The van der Waals surface area contributed by atoms with Gasteiger partial charge in [-0.3, -0.25) is 9.59 Å².